The van der Waals surface area contributed by atoms with E-state index in [1.807, 2.05) is 20.8 Å². The summed E-state index contributed by atoms with van der Waals surface area (Å²) in [6, 6.07) is 3.09. The topological polar surface area (TPSA) is 83.5 Å². The molecule has 2 aliphatic heterocycles. The highest BCUT2D eigenvalue weighted by Crippen LogP contribution is 2.67. The molecule has 8 heteroatoms. The zero-order valence-corrected chi connectivity index (χ0v) is 26.2. The van der Waals surface area contributed by atoms with Crippen molar-refractivity contribution >= 4 is 14.5 Å². The van der Waals surface area contributed by atoms with Gasteiger partial charge in [0.25, 0.3) is 0 Å². The predicted octanol–water partition coefficient (Wildman–Crippen LogP) is 6.49. The maximum absolute atomic E-state index is 13.2. The molecule has 5 aliphatic rings. The van der Waals surface area contributed by atoms with Crippen LogP contribution in [0.15, 0.2) is 11.1 Å². The van der Waals surface area contributed by atoms with Crippen molar-refractivity contribution in [2.24, 2.45) is 16.7 Å². The number of ether oxygens (including phenoxy) is 4. The monoisotopic (exact) mass is 550 g/mol. The second-order valence-electron chi connectivity index (χ2n) is 14.2. The maximum Gasteiger partial charge on any atom is 0.509 e. The fourth-order valence-electron chi connectivity index (χ4n) is 9.29. The first-order valence-electron chi connectivity index (χ1n) is 14.9. The Hall–Kier alpha value is -0.933. The molecule has 1 spiro atoms. The quantitative estimate of drug-likeness (QED) is 0.238. The summed E-state index contributed by atoms with van der Waals surface area (Å²) >= 11 is 0. The van der Waals surface area contributed by atoms with Gasteiger partial charge in [-0.15, -0.1) is 0 Å². The Morgan fingerprint density at radius 1 is 0.974 bits per heavy atom. The van der Waals surface area contributed by atoms with Crippen LogP contribution in [0.25, 0.3) is 0 Å². The smallest absolute Gasteiger partial charge is 0.426 e. The summed E-state index contributed by atoms with van der Waals surface area (Å²) in [5.74, 6) is -1.17. The van der Waals surface area contributed by atoms with Crippen LogP contribution in [0, 0.1) is 16.7 Å². The lowest BCUT2D eigenvalue weighted by molar-refractivity contribution is -0.226. The van der Waals surface area contributed by atoms with Crippen LogP contribution in [0.2, 0.25) is 18.1 Å². The average molecular weight is 551 g/mol. The fourth-order valence-corrected chi connectivity index (χ4v) is 12.2. The highest BCUT2D eigenvalue weighted by atomic mass is 28.4. The summed E-state index contributed by atoms with van der Waals surface area (Å²) in [6.45, 7) is 21.3. The number of aliphatic hydroxyl groups is 1. The lowest BCUT2D eigenvalue weighted by Crippen LogP contribution is -2.71. The lowest BCUT2D eigenvalue weighted by Gasteiger charge is -2.62. The zero-order valence-electron chi connectivity index (χ0n) is 25.2. The molecule has 8 atom stereocenters. The molecule has 0 aromatic heterocycles. The second kappa shape index (κ2) is 8.78. The third-order valence-corrected chi connectivity index (χ3v) is 16.2. The first-order valence-corrected chi connectivity index (χ1v) is 17.4. The van der Waals surface area contributed by atoms with Gasteiger partial charge < -0.3 is 28.5 Å². The fraction of sp³-hybridized carbons (Fsp3) is 0.900. The molecule has 7 nitrogen and oxygen atoms in total. The van der Waals surface area contributed by atoms with Crippen molar-refractivity contribution in [1.29, 1.82) is 0 Å². The van der Waals surface area contributed by atoms with Gasteiger partial charge in [-0.05, 0) is 76.2 Å². The highest BCUT2D eigenvalue weighted by molar-refractivity contribution is 6.73. The first kappa shape index (κ1) is 28.6. The van der Waals surface area contributed by atoms with Crippen molar-refractivity contribution < 1.29 is 33.3 Å². The molecule has 4 fully saturated rings. The van der Waals surface area contributed by atoms with Crippen molar-refractivity contribution in [1.82, 2.24) is 0 Å². The van der Waals surface area contributed by atoms with Crippen molar-refractivity contribution in [3.05, 3.63) is 11.1 Å². The molecule has 38 heavy (non-hydrogen) atoms. The van der Waals surface area contributed by atoms with Gasteiger partial charge in [-0.1, -0.05) is 41.5 Å². The Kier molecular flexibility index (Phi) is 6.61. The van der Waals surface area contributed by atoms with Crippen molar-refractivity contribution in [3.8, 4) is 0 Å². The Morgan fingerprint density at radius 3 is 2.21 bits per heavy atom. The molecule has 0 radical (unpaired) electrons. The molecule has 2 saturated carbocycles. The minimum Gasteiger partial charge on any atom is -0.426 e. The van der Waals surface area contributed by atoms with Gasteiger partial charge in [-0.2, -0.15) is 0 Å². The third-order valence-electron chi connectivity index (χ3n) is 11.5. The molecule has 0 aromatic rings. The van der Waals surface area contributed by atoms with Crippen LogP contribution >= 0.6 is 0 Å². The normalized spacial score (nSPS) is 45.3. The summed E-state index contributed by atoms with van der Waals surface area (Å²) < 4.78 is 33.4. The zero-order chi connectivity index (χ0) is 28.1. The molecular formula is C30H50O7Si. The van der Waals surface area contributed by atoms with Crippen molar-refractivity contribution in [3.63, 3.8) is 0 Å². The number of hydrogen-bond acceptors (Lipinski definition) is 7. The van der Waals surface area contributed by atoms with E-state index < -0.39 is 48.4 Å². The van der Waals surface area contributed by atoms with Gasteiger partial charge in [0.2, 0.25) is 0 Å². The van der Waals surface area contributed by atoms with Crippen LogP contribution in [0.1, 0.15) is 94.9 Å². The number of fused-ring (bicyclic) bond motifs is 6. The van der Waals surface area contributed by atoms with Gasteiger partial charge in [-0.25, -0.2) is 4.79 Å². The summed E-state index contributed by atoms with van der Waals surface area (Å²) in [7, 11) is -2.01. The minimum atomic E-state index is -2.01. The molecule has 2 saturated heterocycles. The molecule has 0 aromatic carbocycles. The Bertz CT molecular complexity index is 1010. The molecule has 0 amide bonds. The number of carbonyl (C=O) groups excluding carboxylic acids is 1. The third kappa shape index (κ3) is 3.76. The van der Waals surface area contributed by atoms with E-state index in [1.54, 1.807) is 0 Å². The Morgan fingerprint density at radius 2 is 1.61 bits per heavy atom. The molecule has 3 aliphatic carbocycles. The van der Waals surface area contributed by atoms with Crippen molar-refractivity contribution in [2.45, 2.75) is 154 Å². The first-order chi connectivity index (χ1) is 17.5. The van der Waals surface area contributed by atoms with Crippen LogP contribution in [0.4, 0.5) is 4.79 Å². The molecule has 216 valence electrons. The SMILES string of the molecule is CC[Si](CC)(CC)O[C@H]1C[C@@]23OC(=O)O[C@H]2[C@H]2[C@@](C)(CCC[C@@]2(C)O)[C@H]2OC(C)(C)O[C@@H]2C(=C1C)C3(C)C. The molecule has 1 N–H and O–H groups in total. The van der Waals surface area contributed by atoms with Crippen LogP contribution < -0.4 is 0 Å². The highest BCUT2D eigenvalue weighted by Gasteiger charge is 2.76. The predicted molar refractivity (Wildman–Crippen MR) is 147 cm³/mol. The lowest BCUT2D eigenvalue weighted by atomic mass is 9.46. The summed E-state index contributed by atoms with van der Waals surface area (Å²) in [4.78, 5) is 13.2. The van der Waals surface area contributed by atoms with E-state index in [-0.39, 0.29) is 24.2 Å². The van der Waals surface area contributed by atoms with E-state index in [1.165, 1.54) is 5.57 Å². The van der Waals surface area contributed by atoms with Gasteiger partial charge in [0.15, 0.2) is 25.8 Å². The molecule has 2 bridgehead atoms. The van der Waals surface area contributed by atoms with Gasteiger partial charge in [0.05, 0.1) is 17.8 Å². The van der Waals surface area contributed by atoms with E-state index in [2.05, 4.69) is 48.5 Å². The molecule has 0 unspecified atom stereocenters. The van der Waals surface area contributed by atoms with Gasteiger partial charge in [0, 0.05) is 23.2 Å². The van der Waals surface area contributed by atoms with Gasteiger partial charge >= 0.3 is 6.16 Å². The van der Waals surface area contributed by atoms with E-state index >= 15 is 0 Å². The standard InChI is InChI=1S/C30H50O7Si/c1-11-38(12-2,13-3)37-19-17-30-24(33-25(31)36-30)22-28(9,15-14-16-29(22,10)32)23-21(34-27(7,8)35-23)20(18(19)4)26(30,5)6/h19,21-24,32H,11-17H2,1-10H3/t19-,21+,22-,23-,24-,28+,29+,30+/m0/s1. The number of carbonyl (C=O) groups is 1. The van der Waals surface area contributed by atoms with Gasteiger partial charge in [-0.3, -0.25) is 0 Å². The maximum atomic E-state index is 13.2. The molecule has 5 rings (SSSR count). The van der Waals surface area contributed by atoms with Crippen LogP contribution in [-0.4, -0.2) is 61.0 Å². The second-order valence-corrected chi connectivity index (χ2v) is 18.9. The van der Waals surface area contributed by atoms with E-state index in [4.69, 9.17) is 23.4 Å². The minimum absolute atomic E-state index is 0.215. The molecular weight excluding hydrogens is 500 g/mol. The molecule has 2 heterocycles. The van der Waals surface area contributed by atoms with Crippen LogP contribution in [0.3, 0.4) is 0 Å². The Labute approximate surface area is 230 Å². The van der Waals surface area contributed by atoms with E-state index in [9.17, 15) is 9.90 Å². The van der Waals surface area contributed by atoms with Crippen LogP contribution in [0.5, 0.6) is 0 Å². The average Bonchev–Trinajstić information content (AvgIpc) is 3.31. The largest absolute Gasteiger partial charge is 0.509 e. The summed E-state index contributed by atoms with van der Waals surface area (Å²) in [5, 5.41) is 12.0. The summed E-state index contributed by atoms with van der Waals surface area (Å²) in [6.07, 6.45) is 0.731. The van der Waals surface area contributed by atoms with Crippen molar-refractivity contribution in [2.75, 3.05) is 0 Å². The Balaban J connectivity index is 1.79. The summed E-state index contributed by atoms with van der Waals surface area (Å²) in [5.41, 5.74) is -0.876. The number of hydrogen-bond donors (Lipinski definition) is 1. The van der Waals surface area contributed by atoms with E-state index in [0.717, 1.165) is 36.5 Å². The van der Waals surface area contributed by atoms with E-state index in [0.29, 0.717) is 12.8 Å². The number of rotatable bonds is 5. The van der Waals surface area contributed by atoms with Crippen LogP contribution in [-0.2, 0) is 23.4 Å². The van der Waals surface area contributed by atoms with Gasteiger partial charge in [0.1, 0.15) is 6.10 Å².